The first-order chi connectivity index (χ1) is 19.1. The highest BCUT2D eigenvalue weighted by Crippen LogP contribution is 2.39. The van der Waals surface area contributed by atoms with E-state index in [2.05, 4.69) is 49.6 Å². The molecule has 10 heteroatoms. The Morgan fingerprint density at radius 2 is 1.87 bits per heavy atom. The summed E-state index contributed by atoms with van der Waals surface area (Å²) >= 11 is 0. The van der Waals surface area contributed by atoms with Crippen molar-refractivity contribution in [2.24, 2.45) is 0 Å². The molecule has 3 aromatic heterocycles. The molecule has 3 aliphatic heterocycles. The van der Waals surface area contributed by atoms with Crippen LogP contribution in [-0.2, 0) is 4.74 Å². The summed E-state index contributed by atoms with van der Waals surface area (Å²) in [5.74, 6) is 0.809. The van der Waals surface area contributed by atoms with Crippen LogP contribution < -0.4 is 4.90 Å². The molecule has 0 radical (unpaired) electrons. The van der Waals surface area contributed by atoms with Crippen LogP contribution >= 0.6 is 0 Å². The maximum atomic E-state index is 11.7. The van der Waals surface area contributed by atoms with Gasteiger partial charge in [0.25, 0.3) is 0 Å². The first-order valence-corrected chi connectivity index (χ1v) is 13.9. The van der Waals surface area contributed by atoms with Crippen LogP contribution in [0.25, 0.3) is 33.3 Å². The molecule has 0 saturated carbocycles. The number of aromatic nitrogens is 5. The summed E-state index contributed by atoms with van der Waals surface area (Å²) in [5.41, 5.74) is 4.99. The zero-order valence-corrected chi connectivity index (χ0v) is 22.0. The van der Waals surface area contributed by atoms with E-state index in [1.807, 2.05) is 36.3 Å². The van der Waals surface area contributed by atoms with Crippen molar-refractivity contribution in [3.8, 4) is 22.4 Å². The van der Waals surface area contributed by atoms with Crippen LogP contribution in [0.15, 0.2) is 48.9 Å². The number of carboxylic acid groups (broad SMARTS) is 1. The summed E-state index contributed by atoms with van der Waals surface area (Å²) in [5, 5.41) is 24.5. The summed E-state index contributed by atoms with van der Waals surface area (Å²) in [6, 6.07) is 10.8. The molecule has 6 heterocycles. The van der Waals surface area contributed by atoms with Gasteiger partial charge in [-0.05, 0) is 74.8 Å². The molecule has 10 nitrogen and oxygen atoms in total. The molecule has 202 valence electrons. The molecule has 0 spiro atoms. The maximum Gasteiger partial charge on any atom is 0.407 e. The number of aromatic amines is 1. The number of amides is 1. The van der Waals surface area contributed by atoms with Crippen LogP contribution in [0.3, 0.4) is 0 Å². The minimum Gasteiger partial charge on any atom is -0.465 e. The van der Waals surface area contributed by atoms with E-state index >= 15 is 0 Å². The van der Waals surface area contributed by atoms with Gasteiger partial charge in [-0.15, -0.1) is 10.2 Å². The second-order valence-electron chi connectivity index (χ2n) is 11.0. The lowest BCUT2D eigenvalue weighted by atomic mass is 9.96. The van der Waals surface area contributed by atoms with Gasteiger partial charge in [0.1, 0.15) is 6.23 Å². The zero-order chi connectivity index (χ0) is 26.5. The van der Waals surface area contributed by atoms with E-state index in [-0.39, 0.29) is 24.4 Å². The average Bonchev–Trinajstić information content (AvgIpc) is 3.71. The number of rotatable bonds is 5. The summed E-state index contributed by atoms with van der Waals surface area (Å²) in [6.07, 6.45) is 12.0. The molecule has 1 amide bonds. The highest BCUT2D eigenvalue weighted by atomic mass is 16.5. The molecule has 1 unspecified atom stereocenters. The van der Waals surface area contributed by atoms with Gasteiger partial charge in [0.15, 0.2) is 5.82 Å². The number of nitrogens with zero attached hydrogens (tertiary/aromatic N) is 6. The van der Waals surface area contributed by atoms with Gasteiger partial charge in [-0.3, -0.25) is 0 Å². The Labute approximate surface area is 226 Å². The third kappa shape index (κ3) is 4.23. The van der Waals surface area contributed by atoms with Crippen LogP contribution in [0.5, 0.6) is 0 Å². The van der Waals surface area contributed by atoms with Crippen molar-refractivity contribution < 1.29 is 14.6 Å². The predicted molar refractivity (Wildman–Crippen MR) is 147 cm³/mol. The van der Waals surface area contributed by atoms with E-state index in [0.29, 0.717) is 0 Å². The van der Waals surface area contributed by atoms with E-state index in [1.165, 1.54) is 0 Å². The van der Waals surface area contributed by atoms with Crippen molar-refractivity contribution in [3.05, 3.63) is 48.9 Å². The number of ether oxygens (including phenoxy) is 1. The second-order valence-corrected chi connectivity index (χ2v) is 11.0. The molecule has 4 atom stereocenters. The van der Waals surface area contributed by atoms with Crippen LogP contribution in [0.2, 0.25) is 0 Å². The van der Waals surface area contributed by atoms with Crippen LogP contribution in [0.1, 0.15) is 51.2 Å². The number of carbonyl (C=O) groups is 1. The lowest BCUT2D eigenvalue weighted by molar-refractivity contribution is -0.0394. The summed E-state index contributed by atoms with van der Waals surface area (Å²) in [6.45, 7) is 0.789. The number of hydrogen-bond acceptors (Lipinski definition) is 6. The minimum absolute atomic E-state index is 0.0142. The second kappa shape index (κ2) is 9.68. The van der Waals surface area contributed by atoms with E-state index in [0.717, 1.165) is 90.7 Å². The van der Waals surface area contributed by atoms with Gasteiger partial charge < -0.3 is 24.6 Å². The largest absolute Gasteiger partial charge is 0.465 e. The number of fused-ring (bicyclic) bond motifs is 3. The zero-order valence-electron chi connectivity index (χ0n) is 22.0. The topological polar surface area (TPSA) is 112 Å². The van der Waals surface area contributed by atoms with Gasteiger partial charge in [0.2, 0.25) is 0 Å². The average molecular weight is 528 g/mol. The Morgan fingerprint density at radius 3 is 2.59 bits per heavy atom. The maximum absolute atomic E-state index is 11.7. The molecular weight excluding hydrogens is 494 g/mol. The van der Waals surface area contributed by atoms with Gasteiger partial charge >= 0.3 is 6.09 Å². The Morgan fingerprint density at radius 1 is 1.05 bits per heavy atom. The van der Waals surface area contributed by atoms with Gasteiger partial charge in [-0.25, -0.2) is 9.48 Å². The molecule has 3 aliphatic rings. The molecule has 39 heavy (non-hydrogen) atoms. The van der Waals surface area contributed by atoms with Crippen molar-refractivity contribution in [1.29, 1.82) is 0 Å². The number of hydrogen-bond donors (Lipinski definition) is 2. The van der Waals surface area contributed by atoms with E-state index in [4.69, 9.17) is 4.74 Å². The Balaban J connectivity index is 1.12. The van der Waals surface area contributed by atoms with Crippen molar-refractivity contribution in [2.75, 3.05) is 18.6 Å². The Kier molecular flexibility index (Phi) is 5.99. The van der Waals surface area contributed by atoms with E-state index in [9.17, 15) is 9.90 Å². The van der Waals surface area contributed by atoms with Crippen molar-refractivity contribution in [1.82, 2.24) is 29.9 Å². The molecule has 4 aromatic rings. The van der Waals surface area contributed by atoms with E-state index < -0.39 is 6.09 Å². The minimum atomic E-state index is -0.790. The summed E-state index contributed by atoms with van der Waals surface area (Å²) < 4.78 is 7.85. The Bertz CT molecular complexity index is 1480. The van der Waals surface area contributed by atoms with Crippen LogP contribution in [0.4, 0.5) is 10.6 Å². The van der Waals surface area contributed by atoms with Crippen molar-refractivity contribution in [3.63, 3.8) is 0 Å². The first kappa shape index (κ1) is 24.1. The number of benzene rings is 1. The number of piperidine rings is 1. The monoisotopic (exact) mass is 527 g/mol. The smallest absolute Gasteiger partial charge is 0.407 e. The fraction of sp³-hybridized carbons (Fsp3) is 0.448. The molecule has 0 aliphatic carbocycles. The van der Waals surface area contributed by atoms with Crippen molar-refractivity contribution >= 4 is 22.8 Å². The van der Waals surface area contributed by atoms with Crippen LogP contribution in [-0.4, -0.2) is 72.8 Å². The third-order valence-corrected chi connectivity index (χ3v) is 8.85. The summed E-state index contributed by atoms with van der Waals surface area (Å²) in [4.78, 5) is 18.9. The molecular formula is C29H33N7O3. The SMILES string of the molecule is CN(c1ccc(-c2ccc(-c3cnn(C4CCCCO4)c3)c3cc[nH]c23)nn1)[C@@H]1C[C@H]2CC[C@@H](C1)N2C(=O)O. The van der Waals surface area contributed by atoms with Gasteiger partial charge in [-0.2, -0.15) is 5.10 Å². The Hall–Kier alpha value is -3.92. The summed E-state index contributed by atoms with van der Waals surface area (Å²) in [7, 11) is 2.04. The number of H-pyrrole nitrogens is 1. The van der Waals surface area contributed by atoms with Gasteiger partial charge in [0.05, 0.1) is 17.4 Å². The number of nitrogens with one attached hydrogen (secondary N) is 1. The highest BCUT2D eigenvalue weighted by Gasteiger charge is 2.44. The standard InChI is InChI=1S/C29H33N7O3/c1-34(21-14-19-5-6-20(15-21)36(19)29(37)38)26-10-9-25(32-33-26)24-8-7-22(23-11-12-30-28(23)24)18-16-31-35(17-18)27-4-2-3-13-39-27/h7-12,16-17,19-21,27,30H,2-6,13-15H2,1H3,(H,37,38)/t19-,20+,21-,27?. The fourth-order valence-electron chi connectivity index (χ4n) is 6.81. The molecule has 2 bridgehead atoms. The molecule has 2 N–H and O–H groups in total. The van der Waals surface area contributed by atoms with Crippen LogP contribution in [0, 0.1) is 0 Å². The van der Waals surface area contributed by atoms with Crippen molar-refractivity contribution in [2.45, 2.75) is 69.3 Å². The normalized spacial score (nSPS) is 24.8. The van der Waals surface area contributed by atoms with Gasteiger partial charge in [-0.1, -0.05) is 6.07 Å². The molecule has 3 saturated heterocycles. The lowest BCUT2D eigenvalue weighted by Crippen LogP contribution is -2.51. The van der Waals surface area contributed by atoms with Gasteiger partial charge in [0, 0.05) is 60.7 Å². The quantitative estimate of drug-likeness (QED) is 0.362. The van der Waals surface area contributed by atoms with E-state index in [1.54, 1.807) is 4.90 Å². The fourth-order valence-corrected chi connectivity index (χ4v) is 6.81. The third-order valence-electron chi connectivity index (χ3n) is 8.85. The predicted octanol–water partition coefficient (Wildman–Crippen LogP) is 5.30. The lowest BCUT2D eigenvalue weighted by Gasteiger charge is -2.41. The first-order valence-electron chi connectivity index (χ1n) is 13.9. The number of anilines is 1. The molecule has 7 rings (SSSR count). The highest BCUT2D eigenvalue weighted by molar-refractivity contribution is 6.02. The molecule has 3 fully saturated rings. The molecule has 1 aromatic carbocycles.